The van der Waals surface area contributed by atoms with Crippen LogP contribution in [0.3, 0.4) is 0 Å². The molecule has 18 heavy (non-hydrogen) atoms. The fourth-order valence-corrected chi connectivity index (χ4v) is 2.30. The monoisotopic (exact) mass is 257 g/mol. The minimum atomic E-state index is -0.167. The summed E-state index contributed by atoms with van der Waals surface area (Å²) in [4.78, 5) is 24.9. The van der Waals surface area contributed by atoms with E-state index in [1.165, 1.54) is 0 Å². The van der Waals surface area contributed by atoms with Gasteiger partial charge in [0.25, 0.3) is 0 Å². The molecule has 5 heteroatoms. The van der Waals surface area contributed by atoms with E-state index >= 15 is 0 Å². The quantitative estimate of drug-likeness (QED) is 0.644. The Morgan fingerprint density at radius 2 is 1.83 bits per heavy atom. The molecule has 0 N–H and O–H groups in total. The normalized spacial score (nSPS) is 19.8. The maximum absolute atomic E-state index is 11.4. The smallest absolute Gasteiger partial charge is 0.307 e. The third-order valence-electron chi connectivity index (χ3n) is 3.12. The fourth-order valence-electron chi connectivity index (χ4n) is 2.30. The second kappa shape index (κ2) is 8.08. The Hall–Kier alpha value is -1.10. The molecule has 104 valence electrons. The van der Waals surface area contributed by atoms with Crippen molar-refractivity contribution in [2.45, 2.75) is 45.6 Å². The van der Waals surface area contributed by atoms with Crippen LogP contribution >= 0.6 is 0 Å². The van der Waals surface area contributed by atoms with Crippen LogP contribution in [0.15, 0.2) is 0 Å². The maximum atomic E-state index is 11.4. The van der Waals surface area contributed by atoms with Gasteiger partial charge in [-0.1, -0.05) is 0 Å². The number of likely N-dealkylation sites (tertiary alicyclic amines) is 1. The topological polar surface area (TPSA) is 55.8 Å². The number of hydrogen-bond donors (Lipinski definition) is 0. The van der Waals surface area contributed by atoms with Crippen molar-refractivity contribution in [3.05, 3.63) is 0 Å². The summed E-state index contributed by atoms with van der Waals surface area (Å²) < 4.78 is 9.86. The molecule has 0 aliphatic carbocycles. The van der Waals surface area contributed by atoms with Crippen LogP contribution in [0.4, 0.5) is 0 Å². The molecule has 0 bridgehead atoms. The van der Waals surface area contributed by atoms with Gasteiger partial charge in [-0.05, 0) is 33.2 Å². The van der Waals surface area contributed by atoms with E-state index in [1.807, 2.05) is 6.92 Å². The molecule has 1 rings (SSSR count). The van der Waals surface area contributed by atoms with Crippen LogP contribution in [0.5, 0.6) is 0 Å². The lowest BCUT2D eigenvalue weighted by atomic mass is 10.1. The van der Waals surface area contributed by atoms with Gasteiger partial charge in [-0.25, -0.2) is 0 Å². The van der Waals surface area contributed by atoms with Gasteiger partial charge in [-0.3, -0.25) is 14.5 Å². The Bertz CT molecular complexity index is 280. The molecule has 5 nitrogen and oxygen atoms in total. The molecule has 1 aliphatic heterocycles. The number of esters is 2. The largest absolute Gasteiger partial charge is 0.466 e. The van der Waals surface area contributed by atoms with E-state index in [0.29, 0.717) is 32.6 Å². The number of rotatable bonds is 7. The molecular formula is C13H23NO4. The predicted molar refractivity (Wildman–Crippen MR) is 67.1 cm³/mol. The maximum Gasteiger partial charge on any atom is 0.307 e. The van der Waals surface area contributed by atoms with Gasteiger partial charge in [0.15, 0.2) is 0 Å². The molecule has 0 aromatic heterocycles. The molecule has 0 aromatic rings. The zero-order chi connectivity index (χ0) is 13.4. The van der Waals surface area contributed by atoms with Crippen LogP contribution in [0.2, 0.25) is 0 Å². The molecule has 0 amide bonds. The first kappa shape index (κ1) is 15.0. The SMILES string of the molecule is CCOC(=O)CCN1CCCC1CC(=O)OCC. The molecule has 1 heterocycles. The summed E-state index contributed by atoms with van der Waals surface area (Å²) in [5.41, 5.74) is 0. The Labute approximate surface area is 108 Å². The molecule has 0 radical (unpaired) electrons. The van der Waals surface area contributed by atoms with Gasteiger partial charge in [0.1, 0.15) is 0 Å². The number of hydrogen-bond acceptors (Lipinski definition) is 5. The second-order valence-corrected chi connectivity index (χ2v) is 4.40. The molecule has 0 spiro atoms. The molecule has 1 unspecified atom stereocenters. The first-order valence-corrected chi connectivity index (χ1v) is 6.72. The molecule has 1 aliphatic rings. The highest BCUT2D eigenvalue weighted by atomic mass is 16.5. The Kier molecular flexibility index (Phi) is 6.72. The summed E-state index contributed by atoms with van der Waals surface area (Å²) in [6, 6.07) is 0.221. The van der Waals surface area contributed by atoms with Gasteiger partial charge in [0.2, 0.25) is 0 Å². The van der Waals surface area contributed by atoms with Crippen molar-refractivity contribution in [3.63, 3.8) is 0 Å². The molecule has 1 atom stereocenters. The van der Waals surface area contributed by atoms with Crippen molar-refractivity contribution in [1.29, 1.82) is 0 Å². The number of ether oxygens (including phenoxy) is 2. The average Bonchev–Trinajstić information content (AvgIpc) is 2.74. The summed E-state index contributed by atoms with van der Waals surface area (Å²) in [7, 11) is 0. The molecular weight excluding hydrogens is 234 g/mol. The lowest BCUT2D eigenvalue weighted by molar-refractivity contribution is -0.144. The van der Waals surface area contributed by atoms with Gasteiger partial charge in [-0.15, -0.1) is 0 Å². The van der Waals surface area contributed by atoms with E-state index < -0.39 is 0 Å². The first-order chi connectivity index (χ1) is 8.67. The predicted octanol–water partition coefficient (Wildman–Crippen LogP) is 1.36. The van der Waals surface area contributed by atoms with Gasteiger partial charge in [0, 0.05) is 12.6 Å². The third kappa shape index (κ3) is 5.04. The minimum Gasteiger partial charge on any atom is -0.466 e. The van der Waals surface area contributed by atoms with E-state index in [2.05, 4.69) is 4.90 Å². The van der Waals surface area contributed by atoms with Crippen molar-refractivity contribution in [1.82, 2.24) is 4.90 Å². The number of nitrogens with zero attached hydrogens (tertiary/aromatic N) is 1. The molecule has 1 saturated heterocycles. The summed E-state index contributed by atoms with van der Waals surface area (Å²) in [6.45, 7) is 6.08. The lowest BCUT2D eigenvalue weighted by Gasteiger charge is -2.23. The van der Waals surface area contributed by atoms with Crippen molar-refractivity contribution >= 4 is 11.9 Å². The summed E-state index contributed by atoms with van der Waals surface area (Å²) >= 11 is 0. The second-order valence-electron chi connectivity index (χ2n) is 4.40. The van der Waals surface area contributed by atoms with E-state index in [-0.39, 0.29) is 18.0 Å². The number of carbonyl (C=O) groups excluding carboxylic acids is 2. The van der Waals surface area contributed by atoms with Crippen LogP contribution in [0, 0.1) is 0 Å². The van der Waals surface area contributed by atoms with Gasteiger partial charge in [-0.2, -0.15) is 0 Å². The Balaban J connectivity index is 2.30. The summed E-state index contributed by atoms with van der Waals surface area (Å²) in [5.74, 6) is -0.315. The van der Waals surface area contributed by atoms with Crippen LogP contribution in [0.1, 0.15) is 39.5 Å². The van der Waals surface area contributed by atoms with Gasteiger partial charge in [0.05, 0.1) is 26.1 Å². The molecule has 1 fully saturated rings. The fraction of sp³-hybridized carbons (Fsp3) is 0.846. The Morgan fingerprint density at radius 1 is 1.17 bits per heavy atom. The first-order valence-electron chi connectivity index (χ1n) is 6.72. The van der Waals surface area contributed by atoms with E-state index in [9.17, 15) is 9.59 Å². The van der Waals surface area contributed by atoms with E-state index in [0.717, 1.165) is 19.4 Å². The van der Waals surface area contributed by atoms with Gasteiger partial charge >= 0.3 is 11.9 Å². The van der Waals surface area contributed by atoms with Crippen LogP contribution in [-0.2, 0) is 19.1 Å². The van der Waals surface area contributed by atoms with Crippen molar-refractivity contribution in [2.75, 3.05) is 26.3 Å². The molecule has 0 aromatic carbocycles. The van der Waals surface area contributed by atoms with Crippen LogP contribution < -0.4 is 0 Å². The van der Waals surface area contributed by atoms with Crippen LogP contribution in [-0.4, -0.2) is 49.2 Å². The highest BCUT2D eigenvalue weighted by Gasteiger charge is 2.27. The van der Waals surface area contributed by atoms with Crippen molar-refractivity contribution in [3.8, 4) is 0 Å². The highest BCUT2D eigenvalue weighted by Crippen LogP contribution is 2.20. The van der Waals surface area contributed by atoms with Crippen molar-refractivity contribution < 1.29 is 19.1 Å². The van der Waals surface area contributed by atoms with E-state index in [1.54, 1.807) is 6.92 Å². The lowest BCUT2D eigenvalue weighted by Crippen LogP contribution is -2.33. The number of carbonyl (C=O) groups is 2. The van der Waals surface area contributed by atoms with Crippen LogP contribution in [0.25, 0.3) is 0 Å². The summed E-state index contributed by atoms with van der Waals surface area (Å²) in [6.07, 6.45) is 2.90. The van der Waals surface area contributed by atoms with Crippen molar-refractivity contribution in [2.24, 2.45) is 0 Å². The summed E-state index contributed by atoms with van der Waals surface area (Å²) in [5, 5.41) is 0. The zero-order valence-electron chi connectivity index (χ0n) is 11.3. The average molecular weight is 257 g/mol. The van der Waals surface area contributed by atoms with E-state index in [4.69, 9.17) is 9.47 Å². The standard InChI is InChI=1S/C13H23NO4/c1-3-17-12(15)7-9-14-8-5-6-11(14)10-13(16)18-4-2/h11H,3-10H2,1-2H3. The third-order valence-corrected chi connectivity index (χ3v) is 3.12. The Morgan fingerprint density at radius 3 is 2.50 bits per heavy atom. The highest BCUT2D eigenvalue weighted by molar-refractivity contribution is 5.70. The zero-order valence-corrected chi connectivity index (χ0v) is 11.3. The minimum absolute atomic E-state index is 0.148. The molecule has 0 saturated carbocycles. The van der Waals surface area contributed by atoms with Gasteiger partial charge < -0.3 is 9.47 Å².